The number of hydrogen-bond acceptors (Lipinski definition) is 6. The van der Waals surface area contributed by atoms with E-state index in [1.165, 1.54) is 12.1 Å². The molecule has 2 heterocycles. The molecule has 3 aromatic rings. The molecule has 0 bridgehead atoms. The minimum Gasteiger partial charge on any atom is -0.497 e. The van der Waals surface area contributed by atoms with Crippen LogP contribution in [0.4, 0.5) is 5.69 Å². The summed E-state index contributed by atoms with van der Waals surface area (Å²) in [6, 6.07) is 13.1. The summed E-state index contributed by atoms with van der Waals surface area (Å²) in [4.78, 5) is 29.0. The number of rotatable bonds is 5. The van der Waals surface area contributed by atoms with Crippen LogP contribution in [0.1, 0.15) is 16.1 Å². The van der Waals surface area contributed by atoms with Crippen LogP contribution in [-0.4, -0.2) is 56.3 Å². The van der Waals surface area contributed by atoms with E-state index in [1.807, 2.05) is 6.07 Å². The van der Waals surface area contributed by atoms with Crippen LogP contribution in [0.25, 0.3) is 10.9 Å². The van der Waals surface area contributed by atoms with E-state index < -0.39 is 15.9 Å². The molecule has 1 saturated heterocycles. The molecule has 1 aliphatic heterocycles. The van der Waals surface area contributed by atoms with Gasteiger partial charge in [-0.25, -0.2) is 8.42 Å². The van der Waals surface area contributed by atoms with E-state index in [4.69, 9.17) is 4.74 Å². The summed E-state index contributed by atoms with van der Waals surface area (Å²) >= 11 is 0. The van der Waals surface area contributed by atoms with Crippen LogP contribution in [0.3, 0.4) is 0 Å². The van der Waals surface area contributed by atoms with Crippen molar-refractivity contribution in [2.24, 2.45) is 0 Å². The summed E-state index contributed by atoms with van der Waals surface area (Å²) in [5, 5.41) is 6.12. The zero-order valence-corrected chi connectivity index (χ0v) is 18.4. The van der Waals surface area contributed by atoms with Crippen molar-refractivity contribution in [2.45, 2.75) is 11.8 Å². The first-order valence-electron chi connectivity index (χ1n) is 9.91. The normalized spacial score (nSPS) is 14.8. The van der Waals surface area contributed by atoms with Crippen LogP contribution in [0.2, 0.25) is 0 Å². The SMILES string of the molecule is COc1ccc2cc(C(=O)Nc3cccc(S(=O)(=O)N4CCNC(=O)C4)c3)c(C)nc2c1. The Hall–Kier alpha value is -3.50. The zero-order valence-electron chi connectivity index (χ0n) is 17.6. The molecule has 2 aromatic carbocycles. The average Bonchev–Trinajstić information content (AvgIpc) is 2.78. The highest BCUT2D eigenvalue weighted by molar-refractivity contribution is 7.89. The highest BCUT2D eigenvalue weighted by Crippen LogP contribution is 2.24. The molecule has 0 spiro atoms. The number of methoxy groups -OCH3 is 1. The maximum atomic E-state index is 12.9. The fourth-order valence-electron chi connectivity index (χ4n) is 3.50. The second kappa shape index (κ2) is 8.56. The van der Waals surface area contributed by atoms with Crippen LogP contribution in [0.15, 0.2) is 53.4 Å². The van der Waals surface area contributed by atoms with Crippen molar-refractivity contribution in [1.82, 2.24) is 14.6 Å². The fraction of sp³-hybridized carbons (Fsp3) is 0.227. The molecule has 32 heavy (non-hydrogen) atoms. The van der Waals surface area contributed by atoms with Gasteiger partial charge in [-0.2, -0.15) is 4.31 Å². The van der Waals surface area contributed by atoms with E-state index >= 15 is 0 Å². The first-order chi connectivity index (χ1) is 15.3. The summed E-state index contributed by atoms with van der Waals surface area (Å²) in [5.74, 6) is -0.0772. The zero-order chi connectivity index (χ0) is 22.9. The standard InChI is InChI=1S/C22H22N4O5S/c1-14-19(10-15-6-7-17(31-2)12-20(15)24-14)22(28)25-16-4-3-5-18(11-16)32(29,30)26-9-8-23-21(27)13-26/h3-7,10-12H,8-9,13H2,1-2H3,(H,23,27)(H,25,28). The predicted molar refractivity (Wildman–Crippen MR) is 119 cm³/mol. The molecule has 2 amide bonds. The van der Waals surface area contributed by atoms with E-state index in [0.717, 1.165) is 9.69 Å². The molecule has 0 radical (unpaired) electrons. The van der Waals surface area contributed by atoms with E-state index in [2.05, 4.69) is 15.6 Å². The van der Waals surface area contributed by atoms with E-state index in [1.54, 1.807) is 44.4 Å². The number of nitrogens with zero attached hydrogens (tertiary/aromatic N) is 2. The van der Waals surface area contributed by atoms with Gasteiger partial charge in [0.1, 0.15) is 5.75 Å². The number of fused-ring (bicyclic) bond motifs is 1. The highest BCUT2D eigenvalue weighted by Gasteiger charge is 2.29. The van der Waals surface area contributed by atoms with Crippen molar-refractivity contribution in [3.8, 4) is 5.75 Å². The number of piperazine rings is 1. The molecule has 0 aliphatic carbocycles. The number of sulfonamides is 1. The second-order valence-electron chi connectivity index (χ2n) is 7.35. The van der Waals surface area contributed by atoms with Crippen molar-refractivity contribution in [1.29, 1.82) is 0 Å². The van der Waals surface area contributed by atoms with Gasteiger partial charge < -0.3 is 15.4 Å². The minimum absolute atomic E-state index is 0.00505. The fourth-order valence-corrected chi connectivity index (χ4v) is 4.95. The smallest absolute Gasteiger partial charge is 0.257 e. The third-order valence-corrected chi connectivity index (χ3v) is 7.03. The number of carbonyl (C=O) groups excluding carboxylic acids is 2. The molecule has 0 atom stereocenters. The quantitative estimate of drug-likeness (QED) is 0.608. The van der Waals surface area contributed by atoms with E-state index in [9.17, 15) is 18.0 Å². The lowest BCUT2D eigenvalue weighted by Gasteiger charge is -2.26. The Morgan fingerprint density at radius 2 is 2.00 bits per heavy atom. The van der Waals surface area contributed by atoms with Crippen LogP contribution in [0.5, 0.6) is 5.75 Å². The second-order valence-corrected chi connectivity index (χ2v) is 9.29. The van der Waals surface area contributed by atoms with Gasteiger partial charge in [0.2, 0.25) is 15.9 Å². The van der Waals surface area contributed by atoms with Gasteiger partial charge in [-0.3, -0.25) is 14.6 Å². The third-order valence-electron chi connectivity index (χ3n) is 5.19. The van der Waals surface area contributed by atoms with Crippen LogP contribution < -0.4 is 15.4 Å². The minimum atomic E-state index is -3.86. The number of aromatic nitrogens is 1. The molecule has 2 N–H and O–H groups in total. The predicted octanol–water partition coefficient (Wildman–Crippen LogP) is 1.92. The molecule has 0 saturated carbocycles. The Balaban J connectivity index is 1.59. The number of anilines is 1. The van der Waals surface area contributed by atoms with E-state index in [0.29, 0.717) is 28.2 Å². The molecule has 4 rings (SSSR count). The summed E-state index contributed by atoms with van der Waals surface area (Å²) in [6.07, 6.45) is 0. The molecular formula is C22H22N4O5S. The van der Waals surface area contributed by atoms with Crippen molar-refractivity contribution in [2.75, 3.05) is 32.1 Å². The Morgan fingerprint density at radius 3 is 2.75 bits per heavy atom. The van der Waals surface area contributed by atoms with Gasteiger partial charge in [-0.1, -0.05) is 6.07 Å². The number of nitrogens with one attached hydrogen (secondary N) is 2. The van der Waals surface area contributed by atoms with Gasteiger partial charge in [0.05, 0.1) is 35.3 Å². The first kappa shape index (κ1) is 21.7. The number of carbonyl (C=O) groups is 2. The van der Waals surface area contributed by atoms with Crippen molar-refractivity contribution in [3.63, 3.8) is 0 Å². The lowest BCUT2D eigenvalue weighted by Crippen LogP contribution is -2.49. The number of aryl methyl sites for hydroxylation is 1. The van der Waals surface area contributed by atoms with Crippen molar-refractivity contribution >= 4 is 38.4 Å². The summed E-state index contributed by atoms with van der Waals surface area (Å²) in [6.45, 7) is 1.95. The van der Waals surface area contributed by atoms with Crippen LogP contribution in [0, 0.1) is 6.92 Å². The first-order valence-corrected chi connectivity index (χ1v) is 11.4. The Morgan fingerprint density at radius 1 is 1.19 bits per heavy atom. The van der Waals surface area contributed by atoms with Gasteiger partial charge in [-0.05, 0) is 43.3 Å². The van der Waals surface area contributed by atoms with Gasteiger partial charge in [0.15, 0.2) is 0 Å². The number of ether oxygens (including phenoxy) is 1. The molecule has 0 unspecified atom stereocenters. The molecule has 9 nitrogen and oxygen atoms in total. The number of benzene rings is 2. The van der Waals surface area contributed by atoms with Crippen LogP contribution >= 0.6 is 0 Å². The van der Waals surface area contributed by atoms with Gasteiger partial charge in [-0.15, -0.1) is 0 Å². The molecular weight excluding hydrogens is 432 g/mol. The Labute approximate surface area is 185 Å². The lowest BCUT2D eigenvalue weighted by molar-refractivity contribution is -0.122. The number of pyridine rings is 1. The van der Waals surface area contributed by atoms with Crippen LogP contribution in [-0.2, 0) is 14.8 Å². The van der Waals surface area contributed by atoms with Gasteiger partial charge in [0.25, 0.3) is 5.91 Å². The summed E-state index contributed by atoms with van der Waals surface area (Å²) < 4.78 is 32.1. The monoisotopic (exact) mass is 454 g/mol. The summed E-state index contributed by atoms with van der Waals surface area (Å²) in [5.41, 5.74) is 1.94. The Kier molecular flexibility index (Phi) is 5.81. The Bertz CT molecular complexity index is 1320. The maximum absolute atomic E-state index is 12.9. The van der Waals surface area contributed by atoms with E-state index in [-0.39, 0.29) is 30.4 Å². The molecule has 1 fully saturated rings. The maximum Gasteiger partial charge on any atom is 0.257 e. The molecule has 1 aliphatic rings. The lowest BCUT2D eigenvalue weighted by atomic mass is 10.1. The third kappa shape index (κ3) is 4.27. The van der Waals surface area contributed by atoms with Crippen molar-refractivity contribution < 1.29 is 22.7 Å². The highest BCUT2D eigenvalue weighted by atomic mass is 32.2. The molecule has 1 aromatic heterocycles. The average molecular weight is 455 g/mol. The molecule has 166 valence electrons. The topological polar surface area (TPSA) is 118 Å². The largest absolute Gasteiger partial charge is 0.497 e. The number of hydrogen-bond donors (Lipinski definition) is 2. The van der Waals surface area contributed by atoms with Gasteiger partial charge in [0, 0.05) is 30.2 Å². The van der Waals surface area contributed by atoms with Gasteiger partial charge >= 0.3 is 0 Å². The number of amides is 2. The summed E-state index contributed by atoms with van der Waals surface area (Å²) in [7, 11) is -2.29. The van der Waals surface area contributed by atoms with Crippen molar-refractivity contribution in [3.05, 3.63) is 59.8 Å². The molecule has 10 heteroatoms.